The van der Waals surface area contributed by atoms with E-state index in [0.717, 1.165) is 5.69 Å². The summed E-state index contributed by atoms with van der Waals surface area (Å²) in [6.07, 6.45) is 5.17. The first kappa shape index (κ1) is 19.9. The average molecular weight is 418 g/mol. The van der Waals surface area contributed by atoms with Gasteiger partial charge in [-0.1, -0.05) is 29.3 Å². The van der Waals surface area contributed by atoms with Gasteiger partial charge in [0.15, 0.2) is 11.5 Å². The molecule has 3 aromatic rings. The van der Waals surface area contributed by atoms with Gasteiger partial charge < -0.3 is 14.8 Å². The van der Waals surface area contributed by atoms with E-state index >= 15 is 0 Å². The summed E-state index contributed by atoms with van der Waals surface area (Å²) in [7, 11) is 1.54. The van der Waals surface area contributed by atoms with Gasteiger partial charge in [0.25, 0.3) is 5.91 Å². The Balaban J connectivity index is 1.73. The molecule has 1 aromatic carbocycles. The lowest BCUT2D eigenvalue weighted by Crippen LogP contribution is -2.13. The number of halogens is 2. The van der Waals surface area contributed by atoms with Gasteiger partial charge in [-0.15, -0.1) is 0 Å². The molecule has 0 radical (unpaired) electrons. The minimum Gasteiger partial charge on any atom is -0.493 e. The van der Waals surface area contributed by atoms with E-state index in [2.05, 4.69) is 15.3 Å². The third kappa shape index (κ3) is 4.91. The van der Waals surface area contributed by atoms with Gasteiger partial charge in [0.2, 0.25) is 0 Å². The quantitative estimate of drug-likeness (QED) is 0.604. The summed E-state index contributed by atoms with van der Waals surface area (Å²) in [5, 5.41) is 3.19. The Morgan fingerprint density at radius 3 is 2.57 bits per heavy atom. The smallest absolute Gasteiger partial charge is 0.255 e. The van der Waals surface area contributed by atoms with Gasteiger partial charge in [-0.25, -0.2) is 0 Å². The van der Waals surface area contributed by atoms with Crippen molar-refractivity contribution in [2.75, 3.05) is 19.0 Å². The normalized spacial score (nSPS) is 10.4. The number of carbonyl (C=O) groups is 1. The van der Waals surface area contributed by atoms with Crippen molar-refractivity contribution in [3.05, 3.63) is 76.3 Å². The standard InChI is InChI=1S/C20H17Cl2N3O3/c1-27-17-6-5-13(20(26)25-19-15(21)11-23-12-16(19)22)10-18(17)28-9-7-14-4-2-3-8-24-14/h2-6,8,10-12H,7,9H2,1H3,(H,23,25,26). The molecular formula is C20H17Cl2N3O3. The number of nitrogens with one attached hydrogen (secondary N) is 1. The van der Waals surface area contributed by atoms with E-state index in [1.165, 1.54) is 19.5 Å². The molecule has 144 valence electrons. The third-order valence-electron chi connectivity index (χ3n) is 3.86. The lowest BCUT2D eigenvalue weighted by atomic mass is 10.2. The fourth-order valence-corrected chi connectivity index (χ4v) is 2.92. The highest BCUT2D eigenvalue weighted by Gasteiger charge is 2.15. The molecule has 0 aliphatic heterocycles. The molecule has 0 saturated heterocycles. The molecule has 1 N–H and O–H groups in total. The molecule has 0 fully saturated rings. The zero-order valence-corrected chi connectivity index (χ0v) is 16.5. The van der Waals surface area contributed by atoms with Crippen LogP contribution in [-0.4, -0.2) is 29.6 Å². The largest absolute Gasteiger partial charge is 0.493 e. The SMILES string of the molecule is COc1ccc(C(=O)Nc2c(Cl)cncc2Cl)cc1OCCc1ccccn1. The van der Waals surface area contributed by atoms with E-state index in [4.69, 9.17) is 32.7 Å². The lowest BCUT2D eigenvalue weighted by molar-refractivity contribution is 0.102. The number of rotatable bonds is 7. The van der Waals surface area contributed by atoms with E-state index < -0.39 is 0 Å². The first-order valence-corrected chi connectivity index (χ1v) is 9.15. The molecule has 0 spiro atoms. The number of anilines is 1. The van der Waals surface area contributed by atoms with E-state index in [1.54, 1.807) is 24.4 Å². The number of hydrogen-bond acceptors (Lipinski definition) is 5. The minimum absolute atomic E-state index is 0.251. The molecule has 0 atom stereocenters. The zero-order chi connectivity index (χ0) is 19.9. The van der Waals surface area contributed by atoms with Gasteiger partial charge in [0, 0.05) is 36.3 Å². The fourth-order valence-electron chi connectivity index (χ4n) is 2.46. The molecule has 0 aliphatic rings. The first-order chi connectivity index (χ1) is 13.6. The number of methoxy groups -OCH3 is 1. The second-order valence-corrected chi connectivity index (χ2v) is 6.53. The average Bonchev–Trinajstić information content (AvgIpc) is 2.71. The van der Waals surface area contributed by atoms with Crippen LogP contribution in [0.15, 0.2) is 55.0 Å². The minimum atomic E-state index is -0.382. The number of amides is 1. The highest BCUT2D eigenvalue weighted by molar-refractivity contribution is 6.39. The van der Waals surface area contributed by atoms with Crippen LogP contribution in [0.4, 0.5) is 5.69 Å². The molecule has 0 aliphatic carbocycles. The van der Waals surface area contributed by atoms with Crippen molar-refractivity contribution in [2.24, 2.45) is 0 Å². The van der Waals surface area contributed by atoms with Gasteiger partial charge in [-0.05, 0) is 30.3 Å². The topological polar surface area (TPSA) is 73.3 Å². The Morgan fingerprint density at radius 2 is 1.89 bits per heavy atom. The van der Waals surface area contributed by atoms with Crippen molar-refractivity contribution >= 4 is 34.8 Å². The van der Waals surface area contributed by atoms with E-state index in [0.29, 0.717) is 35.8 Å². The monoisotopic (exact) mass is 417 g/mol. The van der Waals surface area contributed by atoms with Crippen molar-refractivity contribution in [3.8, 4) is 11.5 Å². The van der Waals surface area contributed by atoms with Crippen molar-refractivity contribution in [1.29, 1.82) is 0 Å². The van der Waals surface area contributed by atoms with Crippen molar-refractivity contribution in [2.45, 2.75) is 6.42 Å². The Bertz CT molecular complexity index is 948. The second kappa shape index (κ2) is 9.39. The van der Waals surface area contributed by atoms with Crippen LogP contribution in [0.3, 0.4) is 0 Å². The maximum atomic E-state index is 12.6. The maximum Gasteiger partial charge on any atom is 0.255 e. The highest BCUT2D eigenvalue weighted by Crippen LogP contribution is 2.31. The maximum absolute atomic E-state index is 12.6. The van der Waals surface area contributed by atoms with Crippen LogP contribution in [0.5, 0.6) is 11.5 Å². The predicted molar refractivity (Wildman–Crippen MR) is 109 cm³/mol. The zero-order valence-electron chi connectivity index (χ0n) is 15.0. The number of carbonyl (C=O) groups excluding carboxylic acids is 1. The number of pyridine rings is 2. The van der Waals surface area contributed by atoms with Crippen LogP contribution in [0.1, 0.15) is 16.1 Å². The second-order valence-electron chi connectivity index (χ2n) is 5.72. The Morgan fingerprint density at radius 1 is 1.11 bits per heavy atom. The number of hydrogen-bond donors (Lipinski definition) is 1. The fraction of sp³-hybridized carbons (Fsp3) is 0.150. The van der Waals surface area contributed by atoms with E-state index in [-0.39, 0.29) is 16.0 Å². The molecule has 2 heterocycles. The lowest BCUT2D eigenvalue weighted by Gasteiger charge is -2.13. The van der Waals surface area contributed by atoms with Crippen LogP contribution >= 0.6 is 23.2 Å². The van der Waals surface area contributed by atoms with Crippen LogP contribution in [0, 0.1) is 0 Å². The number of nitrogens with zero attached hydrogens (tertiary/aromatic N) is 2. The van der Waals surface area contributed by atoms with Crippen LogP contribution in [0.25, 0.3) is 0 Å². The van der Waals surface area contributed by atoms with Crippen LogP contribution < -0.4 is 14.8 Å². The number of aromatic nitrogens is 2. The Labute approximate surface area is 172 Å². The van der Waals surface area contributed by atoms with Crippen LogP contribution in [-0.2, 0) is 6.42 Å². The van der Waals surface area contributed by atoms with Gasteiger partial charge >= 0.3 is 0 Å². The Kier molecular flexibility index (Phi) is 6.68. The summed E-state index contributed by atoms with van der Waals surface area (Å²) in [6, 6.07) is 10.6. The van der Waals surface area contributed by atoms with Gasteiger partial charge in [0.1, 0.15) is 0 Å². The van der Waals surface area contributed by atoms with Gasteiger partial charge in [-0.2, -0.15) is 0 Å². The third-order valence-corrected chi connectivity index (χ3v) is 4.43. The van der Waals surface area contributed by atoms with Crippen molar-refractivity contribution in [3.63, 3.8) is 0 Å². The summed E-state index contributed by atoms with van der Waals surface area (Å²) >= 11 is 12.1. The number of ether oxygens (including phenoxy) is 2. The molecule has 2 aromatic heterocycles. The molecule has 6 nitrogen and oxygen atoms in total. The molecule has 0 unspecified atom stereocenters. The first-order valence-electron chi connectivity index (χ1n) is 8.39. The number of benzene rings is 1. The highest BCUT2D eigenvalue weighted by atomic mass is 35.5. The van der Waals surface area contributed by atoms with E-state index in [1.807, 2.05) is 18.2 Å². The summed E-state index contributed by atoms with van der Waals surface area (Å²) in [5.41, 5.74) is 1.59. The molecule has 0 saturated carbocycles. The van der Waals surface area contributed by atoms with Crippen molar-refractivity contribution < 1.29 is 14.3 Å². The van der Waals surface area contributed by atoms with Gasteiger partial charge in [-0.3, -0.25) is 14.8 Å². The summed E-state index contributed by atoms with van der Waals surface area (Å²) in [5.74, 6) is 0.600. The molecule has 8 heteroatoms. The van der Waals surface area contributed by atoms with E-state index in [9.17, 15) is 4.79 Å². The van der Waals surface area contributed by atoms with Crippen molar-refractivity contribution in [1.82, 2.24) is 9.97 Å². The molecule has 3 rings (SSSR count). The van der Waals surface area contributed by atoms with Gasteiger partial charge in [0.05, 0.1) is 29.4 Å². The summed E-state index contributed by atoms with van der Waals surface area (Å²) < 4.78 is 11.1. The van der Waals surface area contributed by atoms with Crippen LogP contribution in [0.2, 0.25) is 10.0 Å². The molecule has 1 amide bonds. The molecule has 28 heavy (non-hydrogen) atoms. The summed E-state index contributed by atoms with van der Waals surface area (Å²) in [4.78, 5) is 20.7. The summed E-state index contributed by atoms with van der Waals surface area (Å²) in [6.45, 7) is 0.389. The predicted octanol–water partition coefficient (Wildman–Crippen LogP) is 4.67. The molecular weight excluding hydrogens is 401 g/mol. The Hall–Kier alpha value is -2.83. The molecule has 0 bridgehead atoms.